The van der Waals surface area contributed by atoms with Crippen molar-refractivity contribution >= 4 is 29.6 Å². The molecular formula is C27H28N6OS. The zero-order valence-electron chi connectivity index (χ0n) is 20.0. The van der Waals surface area contributed by atoms with Crippen LogP contribution < -0.4 is 10.7 Å². The molecule has 0 aliphatic rings. The molecule has 2 N–H and O–H groups in total. The second kappa shape index (κ2) is 11.5. The van der Waals surface area contributed by atoms with Gasteiger partial charge in [-0.2, -0.15) is 5.10 Å². The van der Waals surface area contributed by atoms with Gasteiger partial charge >= 0.3 is 0 Å². The standard InChI is InChI=1S/C27H28N6OS/c1-19-13-15-23(16-14-19)28-18-25-30-32-27(33(25)24-11-5-4-6-12-24)35-21(3)26(34)31-29-17-22-10-8-7-9-20(22)2/h4-17,21,28H,18H2,1-3H3,(H,31,34)/b29-17-/t21-/m1/s1. The predicted molar refractivity (Wildman–Crippen MR) is 142 cm³/mol. The van der Waals surface area contributed by atoms with Crippen LogP contribution in [0, 0.1) is 13.8 Å². The molecule has 1 heterocycles. The van der Waals surface area contributed by atoms with Gasteiger partial charge in [-0.25, -0.2) is 5.43 Å². The van der Waals surface area contributed by atoms with Gasteiger partial charge in [-0.1, -0.05) is 71.9 Å². The highest BCUT2D eigenvalue weighted by Crippen LogP contribution is 2.26. The fraction of sp³-hybridized carbons (Fsp3) is 0.185. The summed E-state index contributed by atoms with van der Waals surface area (Å²) in [5.74, 6) is 0.547. The largest absolute Gasteiger partial charge is 0.378 e. The first-order valence-electron chi connectivity index (χ1n) is 11.4. The Morgan fingerprint density at radius 2 is 1.71 bits per heavy atom. The van der Waals surface area contributed by atoms with E-state index >= 15 is 0 Å². The quantitative estimate of drug-likeness (QED) is 0.196. The lowest BCUT2D eigenvalue weighted by molar-refractivity contribution is -0.120. The van der Waals surface area contributed by atoms with Crippen LogP contribution in [0.1, 0.15) is 29.4 Å². The Bertz CT molecular complexity index is 1300. The van der Waals surface area contributed by atoms with E-state index in [-0.39, 0.29) is 5.91 Å². The molecule has 7 nitrogen and oxygen atoms in total. The number of aryl methyl sites for hydroxylation is 2. The van der Waals surface area contributed by atoms with Crippen molar-refractivity contribution in [3.8, 4) is 5.69 Å². The Hall–Kier alpha value is -3.91. The molecule has 0 radical (unpaired) electrons. The highest BCUT2D eigenvalue weighted by Gasteiger charge is 2.21. The molecule has 0 aliphatic heterocycles. The number of thioether (sulfide) groups is 1. The van der Waals surface area contributed by atoms with E-state index in [1.54, 1.807) is 6.21 Å². The van der Waals surface area contributed by atoms with Crippen molar-refractivity contribution in [1.82, 2.24) is 20.2 Å². The number of carbonyl (C=O) groups is 1. The maximum Gasteiger partial charge on any atom is 0.253 e. The van der Waals surface area contributed by atoms with Gasteiger partial charge in [0.15, 0.2) is 11.0 Å². The van der Waals surface area contributed by atoms with Crippen LogP contribution in [0.15, 0.2) is 89.1 Å². The van der Waals surface area contributed by atoms with Gasteiger partial charge in [0.2, 0.25) is 0 Å². The molecule has 0 spiro atoms. The smallest absolute Gasteiger partial charge is 0.253 e. The molecule has 3 aromatic carbocycles. The molecule has 1 amide bonds. The highest BCUT2D eigenvalue weighted by molar-refractivity contribution is 8.00. The first-order valence-corrected chi connectivity index (χ1v) is 12.2. The molecule has 0 unspecified atom stereocenters. The molecule has 1 atom stereocenters. The van der Waals surface area contributed by atoms with Crippen molar-refractivity contribution in [2.24, 2.45) is 5.10 Å². The maximum atomic E-state index is 12.7. The molecule has 0 bridgehead atoms. The molecule has 0 saturated heterocycles. The zero-order valence-corrected chi connectivity index (χ0v) is 20.8. The Morgan fingerprint density at radius 1 is 1.00 bits per heavy atom. The number of rotatable bonds is 9. The van der Waals surface area contributed by atoms with Crippen LogP contribution in [-0.2, 0) is 11.3 Å². The van der Waals surface area contributed by atoms with Crippen molar-refractivity contribution in [1.29, 1.82) is 0 Å². The van der Waals surface area contributed by atoms with E-state index in [1.807, 2.05) is 85.1 Å². The summed E-state index contributed by atoms with van der Waals surface area (Å²) in [6.07, 6.45) is 1.66. The molecule has 4 aromatic rings. The Labute approximate surface area is 209 Å². The number of nitrogens with one attached hydrogen (secondary N) is 2. The monoisotopic (exact) mass is 484 g/mol. The summed E-state index contributed by atoms with van der Waals surface area (Å²) < 4.78 is 1.98. The summed E-state index contributed by atoms with van der Waals surface area (Å²) >= 11 is 1.34. The van der Waals surface area contributed by atoms with Gasteiger partial charge in [-0.3, -0.25) is 9.36 Å². The first-order chi connectivity index (χ1) is 17.0. The van der Waals surface area contributed by atoms with Crippen LogP contribution in [0.4, 0.5) is 5.69 Å². The Kier molecular flexibility index (Phi) is 7.95. The molecule has 0 aliphatic carbocycles. The number of benzene rings is 3. The minimum absolute atomic E-state index is 0.207. The minimum atomic E-state index is -0.423. The second-order valence-electron chi connectivity index (χ2n) is 8.14. The molecule has 0 saturated carbocycles. The topological polar surface area (TPSA) is 84.2 Å². The average Bonchev–Trinajstić information content (AvgIpc) is 3.27. The fourth-order valence-corrected chi connectivity index (χ4v) is 4.26. The van der Waals surface area contributed by atoms with E-state index in [1.165, 1.54) is 17.3 Å². The van der Waals surface area contributed by atoms with Crippen LogP contribution in [0.5, 0.6) is 0 Å². The third-order valence-corrected chi connectivity index (χ3v) is 6.48. The van der Waals surface area contributed by atoms with Gasteiger partial charge in [-0.05, 0) is 56.2 Å². The van der Waals surface area contributed by atoms with Crippen LogP contribution in [0.2, 0.25) is 0 Å². The number of carbonyl (C=O) groups excluding carboxylic acids is 1. The molecule has 35 heavy (non-hydrogen) atoms. The number of hydrogen-bond acceptors (Lipinski definition) is 6. The van der Waals surface area contributed by atoms with E-state index < -0.39 is 5.25 Å². The van der Waals surface area contributed by atoms with Gasteiger partial charge < -0.3 is 5.32 Å². The number of hydrogen-bond donors (Lipinski definition) is 2. The van der Waals surface area contributed by atoms with E-state index in [2.05, 4.69) is 45.1 Å². The van der Waals surface area contributed by atoms with E-state index in [4.69, 9.17) is 0 Å². The first kappa shape index (κ1) is 24.2. The molecule has 4 rings (SSSR count). The van der Waals surface area contributed by atoms with Crippen LogP contribution >= 0.6 is 11.8 Å². The van der Waals surface area contributed by atoms with Crippen LogP contribution in [-0.4, -0.2) is 32.1 Å². The number of amides is 1. The lowest BCUT2D eigenvalue weighted by Crippen LogP contribution is -2.27. The number of para-hydroxylation sites is 1. The highest BCUT2D eigenvalue weighted by atomic mass is 32.2. The lowest BCUT2D eigenvalue weighted by Gasteiger charge is -2.13. The third kappa shape index (κ3) is 6.36. The van der Waals surface area contributed by atoms with E-state index in [0.29, 0.717) is 11.7 Å². The Balaban J connectivity index is 1.47. The van der Waals surface area contributed by atoms with Gasteiger partial charge in [-0.15, -0.1) is 10.2 Å². The van der Waals surface area contributed by atoms with Crippen molar-refractivity contribution in [3.05, 3.63) is 101 Å². The lowest BCUT2D eigenvalue weighted by atomic mass is 10.1. The summed E-state index contributed by atoms with van der Waals surface area (Å²) in [4.78, 5) is 12.7. The van der Waals surface area contributed by atoms with Gasteiger partial charge in [0.1, 0.15) is 0 Å². The predicted octanol–water partition coefficient (Wildman–Crippen LogP) is 5.13. The normalized spacial score (nSPS) is 12.0. The number of hydrazone groups is 1. The van der Waals surface area contributed by atoms with E-state index in [0.717, 1.165) is 28.3 Å². The number of aromatic nitrogens is 3. The average molecular weight is 485 g/mol. The van der Waals surface area contributed by atoms with Crippen LogP contribution in [0.3, 0.4) is 0 Å². The van der Waals surface area contributed by atoms with Crippen molar-refractivity contribution in [2.45, 2.75) is 37.7 Å². The van der Waals surface area contributed by atoms with Crippen molar-refractivity contribution < 1.29 is 4.79 Å². The minimum Gasteiger partial charge on any atom is -0.378 e. The second-order valence-corrected chi connectivity index (χ2v) is 9.45. The van der Waals surface area contributed by atoms with Crippen molar-refractivity contribution in [2.75, 3.05) is 5.32 Å². The summed E-state index contributed by atoms with van der Waals surface area (Å²) in [6.45, 7) is 6.39. The summed E-state index contributed by atoms with van der Waals surface area (Å²) in [6, 6.07) is 26.0. The summed E-state index contributed by atoms with van der Waals surface area (Å²) in [5.41, 5.74) is 7.84. The third-order valence-electron chi connectivity index (χ3n) is 5.44. The van der Waals surface area contributed by atoms with Crippen LogP contribution in [0.25, 0.3) is 5.69 Å². The number of anilines is 1. The molecular weight excluding hydrogens is 456 g/mol. The SMILES string of the molecule is Cc1ccc(NCc2nnc(S[C@H](C)C(=O)N/N=C\c3ccccc3C)n2-c2ccccc2)cc1. The summed E-state index contributed by atoms with van der Waals surface area (Å²) in [7, 11) is 0. The molecule has 0 fully saturated rings. The number of nitrogens with zero attached hydrogens (tertiary/aromatic N) is 4. The Morgan fingerprint density at radius 3 is 2.46 bits per heavy atom. The van der Waals surface area contributed by atoms with Crippen molar-refractivity contribution in [3.63, 3.8) is 0 Å². The molecule has 8 heteroatoms. The molecule has 178 valence electrons. The summed E-state index contributed by atoms with van der Waals surface area (Å²) in [5, 5.41) is 16.6. The fourth-order valence-electron chi connectivity index (χ4n) is 3.38. The molecule has 1 aromatic heterocycles. The van der Waals surface area contributed by atoms with Gasteiger partial charge in [0.25, 0.3) is 5.91 Å². The van der Waals surface area contributed by atoms with Gasteiger partial charge in [0, 0.05) is 11.4 Å². The zero-order chi connectivity index (χ0) is 24.6. The van der Waals surface area contributed by atoms with E-state index in [9.17, 15) is 4.79 Å². The maximum absolute atomic E-state index is 12.7. The van der Waals surface area contributed by atoms with Gasteiger partial charge in [0.05, 0.1) is 18.0 Å².